The van der Waals surface area contributed by atoms with Crippen molar-refractivity contribution in [1.29, 1.82) is 0 Å². The van der Waals surface area contributed by atoms with Crippen molar-refractivity contribution in [2.75, 3.05) is 0 Å². The van der Waals surface area contributed by atoms with E-state index < -0.39 is 0 Å². The Morgan fingerprint density at radius 2 is 2.16 bits per heavy atom. The molecule has 2 aromatic heterocycles. The van der Waals surface area contributed by atoms with Gasteiger partial charge in [-0.25, -0.2) is 0 Å². The van der Waals surface area contributed by atoms with Crippen molar-refractivity contribution in [1.82, 2.24) is 29.9 Å². The van der Waals surface area contributed by atoms with Gasteiger partial charge in [0.25, 0.3) is 5.91 Å². The van der Waals surface area contributed by atoms with Crippen LogP contribution >= 0.6 is 0 Å². The highest BCUT2D eigenvalue weighted by Gasteiger charge is 2.14. The van der Waals surface area contributed by atoms with Crippen molar-refractivity contribution >= 4 is 5.91 Å². The Hall–Kier alpha value is -2.18. The number of nitrogens with zero attached hydrogens (tertiary/aromatic N) is 5. The van der Waals surface area contributed by atoms with Gasteiger partial charge in [0.1, 0.15) is 11.5 Å². The summed E-state index contributed by atoms with van der Waals surface area (Å²) in [6.45, 7) is 6.18. The third-order valence-electron chi connectivity index (χ3n) is 2.98. The molecule has 7 heteroatoms. The molecule has 2 aromatic rings. The van der Waals surface area contributed by atoms with E-state index in [0.717, 1.165) is 11.6 Å². The van der Waals surface area contributed by atoms with Gasteiger partial charge in [0.05, 0.1) is 6.54 Å². The number of hydrogen-bond acceptors (Lipinski definition) is 4. The first-order chi connectivity index (χ1) is 9.00. The van der Waals surface area contributed by atoms with Gasteiger partial charge in [-0.3, -0.25) is 9.48 Å². The Balaban J connectivity index is 2.06. The lowest BCUT2D eigenvalue weighted by Gasteiger charge is -2.10. The fourth-order valence-corrected chi connectivity index (χ4v) is 1.76. The molecule has 0 spiro atoms. The molecule has 0 radical (unpaired) electrons. The SMILES string of the molecule is Cc1nnc(CNC(=O)c2ccnn2C(C)C)n1C. The average molecular weight is 262 g/mol. The van der Waals surface area contributed by atoms with Crippen LogP contribution in [0.4, 0.5) is 0 Å². The minimum Gasteiger partial charge on any atom is -0.343 e. The zero-order valence-corrected chi connectivity index (χ0v) is 11.6. The summed E-state index contributed by atoms with van der Waals surface area (Å²) in [6.07, 6.45) is 1.63. The lowest BCUT2D eigenvalue weighted by Crippen LogP contribution is -2.27. The maximum atomic E-state index is 12.1. The predicted molar refractivity (Wildman–Crippen MR) is 69.5 cm³/mol. The summed E-state index contributed by atoms with van der Waals surface area (Å²) in [6, 6.07) is 1.85. The lowest BCUT2D eigenvalue weighted by molar-refractivity contribution is 0.0937. The third kappa shape index (κ3) is 2.64. The molecule has 0 aliphatic rings. The number of aromatic nitrogens is 5. The molecule has 0 aliphatic carbocycles. The minimum atomic E-state index is -0.160. The van der Waals surface area contributed by atoms with Crippen molar-refractivity contribution in [2.24, 2.45) is 7.05 Å². The Morgan fingerprint density at radius 3 is 2.74 bits per heavy atom. The lowest BCUT2D eigenvalue weighted by atomic mass is 10.3. The summed E-state index contributed by atoms with van der Waals surface area (Å²) in [5.41, 5.74) is 0.550. The molecule has 7 nitrogen and oxygen atoms in total. The van der Waals surface area contributed by atoms with Crippen molar-refractivity contribution in [3.8, 4) is 0 Å². The molecule has 0 aliphatic heterocycles. The van der Waals surface area contributed by atoms with E-state index in [0.29, 0.717) is 12.2 Å². The van der Waals surface area contributed by atoms with E-state index in [1.165, 1.54) is 0 Å². The van der Waals surface area contributed by atoms with Gasteiger partial charge in [0.15, 0.2) is 5.82 Å². The van der Waals surface area contributed by atoms with Crippen molar-refractivity contribution < 1.29 is 4.79 Å². The van der Waals surface area contributed by atoms with Crippen molar-refractivity contribution in [3.05, 3.63) is 29.6 Å². The van der Waals surface area contributed by atoms with Crippen LogP contribution in [0, 0.1) is 6.92 Å². The number of aryl methyl sites for hydroxylation is 1. The first-order valence-corrected chi connectivity index (χ1v) is 6.17. The highest BCUT2D eigenvalue weighted by Crippen LogP contribution is 2.08. The molecular weight excluding hydrogens is 244 g/mol. The van der Waals surface area contributed by atoms with E-state index in [9.17, 15) is 4.79 Å². The van der Waals surface area contributed by atoms with Gasteiger partial charge < -0.3 is 9.88 Å². The molecule has 0 unspecified atom stereocenters. The zero-order valence-electron chi connectivity index (χ0n) is 11.6. The topological polar surface area (TPSA) is 77.6 Å². The minimum absolute atomic E-state index is 0.146. The Morgan fingerprint density at radius 1 is 1.42 bits per heavy atom. The maximum absolute atomic E-state index is 12.1. The van der Waals surface area contributed by atoms with E-state index >= 15 is 0 Å². The van der Waals surface area contributed by atoms with Crippen LogP contribution in [-0.4, -0.2) is 30.5 Å². The summed E-state index contributed by atoms with van der Waals surface area (Å²) < 4.78 is 3.54. The number of amides is 1. The summed E-state index contributed by atoms with van der Waals surface area (Å²) in [7, 11) is 1.87. The standard InChI is InChI=1S/C12H18N6O/c1-8(2)18-10(5-6-14-18)12(19)13-7-11-16-15-9(3)17(11)4/h5-6,8H,7H2,1-4H3,(H,13,19). The summed E-state index contributed by atoms with van der Waals surface area (Å²) >= 11 is 0. The van der Waals surface area contributed by atoms with Crippen LogP contribution in [0.25, 0.3) is 0 Å². The fraction of sp³-hybridized carbons (Fsp3) is 0.500. The van der Waals surface area contributed by atoms with E-state index in [1.54, 1.807) is 16.9 Å². The molecule has 19 heavy (non-hydrogen) atoms. The summed E-state index contributed by atoms with van der Waals surface area (Å²) in [4.78, 5) is 12.1. The number of carbonyl (C=O) groups excluding carboxylic acids is 1. The highest BCUT2D eigenvalue weighted by atomic mass is 16.2. The van der Waals surface area contributed by atoms with E-state index in [4.69, 9.17) is 0 Å². The average Bonchev–Trinajstić information content (AvgIpc) is 2.96. The van der Waals surface area contributed by atoms with Crippen LogP contribution in [0.15, 0.2) is 12.3 Å². The Kier molecular flexibility index (Phi) is 3.64. The molecule has 0 atom stereocenters. The zero-order chi connectivity index (χ0) is 14.0. The molecule has 1 N–H and O–H groups in total. The van der Waals surface area contributed by atoms with Gasteiger partial charge in [-0.15, -0.1) is 10.2 Å². The molecule has 0 saturated heterocycles. The monoisotopic (exact) mass is 262 g/mol. The normalized spacial score (nSPS) is 11.0. The quantitative estimate of drug-likeness (QED) is 0.885. The van der Waals surface area contributed by atoms with Gasteiger partial charge in [-0.2, -0.15) is 5.10 Å². The van der Waals surface area contributed by atoms with Gasteiger partial charge in [0, 0.05) is 19.3 Å². The molecule has 2 rings (SSSR count). The van der Waals surface area contributed by atoms with Crippen LogP contribution < -0.4 is 5.32 Å². The van der Waals surface area contributed by atoms with Crippen molar-refractivity contribution in [3.63, 3.8) is 0 Å². The van der Waals surface area contributed by atoms with Crippen LogP contribution in [0.1, 0.15) is 42.0 Å². The van der Waals surface area contributed by atoms with Crippen LogP contribution in [0.2, 0.25) is 0 Å². The summed E-state index contributed by atoms with van der Waals surface area (Å²) in [5.74, 6) is 1.38. The second-order valence-electron chi connectivity index (χ2n) is 4.66. The molecule has 102 valence electrons. The fourth-order valence-electron chi connectivity index (χ4n) is 1.76. The molecule has 2 heterocycles. The van der Waals surface area contributed by atoms with Crippen LogP contribution in [0.5, 0.6) is 0 Å². The molecule has 0 aromatic carbocycles. The van der Waals surface area contributed by atoms with E-state index in [-0.39, 0.29) is 11.9 Å². The first kappa shape index (κ1) is 13.3. The van der Waals surface area contributed by atoms with Crippen LogP contribution in [0.3, 0.4) is 0 Å². The van der Waals surface area contributed by atoms with Gasteiger partial charge in [-0.1, -0.05) is 0 Å². The van der Waals surface area contributed by atoms with Gasteiger partial charge in [0.2, 0.25) is 0 Å². The maximum Gasteiger partial charge on any atom is 0.269 e. The number of rotatable bonds is 4. The Bertz CT molecular complexity index is 583. The highest BCUT2D eigenvalue weighted by molar-refractivity contribution is 5.92. The molecular formula is C12H18N6O. The first-order valence-electron chi connectivity index (χ1n) is 6.17. The second kappa shape index (κ2) is 5.21. The smallest absolute Gasteiger partial charge is 0.269 e. The molecule has 0 saturated carbocycles. The molecule has 0 bridgehead atoms. The molecule has 0 fully saturated rings. The number of hydrogen-bond donors (Lipinski definition) is 1. The summed E-state index contributed by atoms with van der Waals surface area (Å²) in [5, 5.41) is 14.9. The van der Waals surface area contributed by atoms with Crippen molar-refractivity contribution in [2.45, 2.75) is 33.4 Å². The number of nitrogens with one attached hydrogen (secondary N) is 1. The van der Waals surface area contributed by atoms with Crippen LogP contribution in [-0.2, 0) is 13.6 Å². The second-order valence-corrected chi connectivity index (χ2v) is 4.66. The Labute approximate surface area is 111 Å². The number of carbonyl (C=O) groups is 1. The van der Waals surface area contributed by atoms with E-state index in [2.05, 4.69) is 20.6 Å². The van der Waals surface area contributed by atoms with E-state index in [1.807, 2.05) is 32.4 Å². The largest absolute Gasteiger partial charge is 0.343 e. The van der Waals surface area contributed by atoms with Gasteiger partial charge in [-0.05, 0) is 26.8 Å². The predicted octanol–water partition coefficient (Wildman–Crippen LogP) is 0.831. The molecule has 1 amide bonds. The third-order valence-corrected chi connectivity index (χ3v) is 2.98. The van der Waals surface area contributed by atoms with Gasteiger partial charge >= 0.3 is 0 Å².